The van der Waals surface area contributed by atoms with E-state index in [4.69, 9.17) is 4.42 Å². The number of benzene rings is 2. The molecule has 0 aliphatic heterocycles. The van der Waals surface area contributed by atoms with Crippen molar-refractivity contribution in [3.8, 4) is 0 Å². The summed E-state index contributed by atoms with van der Waals surface area (Å²) in [6.07, 6.45) is 2.33. The third-order valence-corrected chi connectivity index (χ3v) is 4.73. The molecule has 0 saturated heterocycles. The summed E-state index contributed by atoms with van der Waals surface area (Å²) >= 11 is 0. The van der Waals surface area contributed by atoms with Gasteiger partial charge in [-0.3, -0.25) is 4.79 Å². The lowest BCUT2D eigenvalue weighted by Gasteiger charge is -2.20. The van der Waals surface area contributed by atoms with Gasteiger partial charge in [-0.15, -0.1) is 0 Å². The fourth-order valence-electron chi connectivity index (χ4n) is 3.22. The summed E-state index contributed by atoms with van der Waals surface area (Å²) in [4.78, 5) is 12.7. The van der Waals surface area contributed by atoms with Gasteiger partial charge in [0, 0.05) is 11.8 Å². The maximum atomic E-state index is 13.3. The third-order valence-electron chi connectivity index (χ3n) is 4.73. The van der Waals surface area contributed by atoms with Crippen LogP contribution in [0.4, 0.5) is 8.78 Å². The molecule has 3 aromatic rings. The highest BCUT2D eigenvalue weighted by atomic mass is 19.1. The first-order valence-electron chi connectivity index (χ1n) is 8.46. The van der Waals surface area contributed by atoms with Crippen LogP contribution in [0.5, 0.6) is 0 Å². The Hall–Kier alpha value is -2.95. The molecule has 1 saturated carbocycles. The summed E-state index contributed by atoms with van der Waals surface area (Å²) in [6, 6.07) is 15.1. The van der Waals surface area contributed by atoms with E-state index in [1.165, 1.54) is 24.3 Å². The molecule has 0 spiro atoms. The molecule has 4 rings (SSSR count). The van der Waals surface area contributed by atoms with Crippen molar-refractivity contribution in [3.63, 3.8) is 0 Å². The lowest BCUT2D eigenvalue weighted by molar-refractivity contribution is -0.122. The van der Waals surface area contributed by atoms with Crippen molar-refractivity contribution in [1.29, 1.82) is 0 Å². The molecule has 2 aromatic carbocycles. The number of halogens is 2. The van der Waals surface area contributed by atoms with Gasteiger partial charge < -0.3 is 9.73 Å². The fourth-order valence-corrected chi connectivity index (χ4v) is 3.22. The van der Waals surface area contributed by atoms with Crippen LogP contribution in [0.25, 0.3) is 0 Å². The molecule has 2 unspecified atom stereocenters. The zero-order valence-electron chi connectivity index (χ0n) is 13.9. The molecule has 1 aromatic heterocycles. The number of hydrogen-bond donors (Lipinski definition) is 1. The van der Waals surface area contributed by atoms with Gasteiger partial charge in [-0.2, -0.15) is 0 Å². The second-order valence-corrected chi connectivity index (χ2v) is 6.51. The summed E-state index contributed by atoms with van der Waals surface area (Å²) in [5, 5.41) is 3.02. The van der Waals surface area contributed by atoms with Crippen LogP contribution in [0, 0.1) is 17.6 Å². The molecular formula is C21H17F2NO2. The molecule has 1 amide bonds. The largest absolute Gasteiger partial charge is 0.469 e. The van der Waals surface area contributed by atoms with Gasteiger partial charge in [0.2, 0.25) is 5.91 Å². The first-order chi connectivity index (χ1) is 12.6. The van der Waals surface area contributed by atoms with Crippen LogP contribution >= 0.6 is 0 Å². The number of nitrogens with one attached hydrogen (secondary N) is 1. The Balaban J connectivity index is 1.56. The number of amides is 1. The van der Waals surface area contributed by atoms with Gasteiger partial charge in [0.1, 0.15) is 17.4 Å². The smallest absolute Gasteiger partial charge is 0.224 e. The summed E-state index contributed by atoms with van der Waals surface area (Å²) in [7, 11) is 0. The maximum Gasteiger partial charge on any atom is 0.224 e. The molecule has 3 nitrogen and oxygen atoms in total. The monoisotopic (exact) mass is 353 g/mol. The minimum atomic E-state index is -0.471. The normalized spacial score (nSPS) is 18.7. The van der Waals surface area contributed by atoms with E-state index >= 15 is 0 Å². The molecule has 1 heterocycles. The van der Waals surface area contributed by atoms with Crippen molar-refractivity contribution in [2.24, 2.45) is 5.92 Å². The molecule has 132 valence electrons. The van der Waals surface area contributed by atoms with E-state index in [0.717, 1.165) is 23.3 Å². The van der Waals surface area contributed by atoms with Crippen molar-refractivity contribution in [1.82, 2.24) is 5.32 Å². The predicted octanol–water partition coefficient (Wildman–Crippen LogP) is 4.57. The highest BCUT2D eigenvalue weighted by molar-refractivity contribution is 5.83. The minimum absolute atomic E-state index is 0.0899. The summed E-state index contributed by atoms with van der Waals surface area (Å²) in [6.45, 7) is 0. The zero-order chi connectivity index (χ0) is 18.1. The maximum absolute atomic E-state index is 13.3. The number of furan rings is 1. The summed E-state index contributed by atoms with van der Waals surface area (Å²) in [5.41, 5.74) is 1.48. The van der Waals surface area contributed by atoms with E-state index in [0.29, 0.717) is 0 Å². The average molecular weight is 353 g/mol. The Kier molecular flexibility index (Phi) is 4.29. The van der Waals surface area contributed by atoms with Gasteiger partial charge in [0.05, 0.1) is 12.3 Å². The lowest BCUT2D eigenvalue weighted by Crippen LogP contribution is -2.31. The quantitative estimate of drug-likeness (QED) is 0.730. The minimum Gasteiger partial charge on any atom is -0.469 e. The van der Waals surface area contributed by atoms with E-state index in [-0.39, 0.29) is 29.4 Å². The predicted molar refractivity (Wildman–Crippen MR) is 92.3 cm³/mol. The Morgan fingerprint density at radius 3 is 2.04 bits per heavy atom. The molecule has 0 bridgehead atoms. The summed E-state index contributed by atoms with van der Waals surface area (Å²) in [5.74, 6) is -0.0389. The van der Waals surface area contributed by atoms with Gasteiger partial charge in [0.15, 0.2) is 0 Å². The van der Waals surface area contributed by atoms with Gasteiger partial charge in [-0.05, 0) is 53.9 Å². The van der Waals surface area contributed by atoms with Crippen molar-refractivity contribution in [2.75, 3.05) is 0 Å². The Bertz CT molecular complexity index is 843. The van der Waals surface area contributed by atoms with E-state index < -0.39 is 6.04 Å². The molecule has 1 N–H and O–H groups in total. The van der Waals surface area contributed by atoms with E-state index in [9.17, 15) is 13.6 Å². The number of hydrogen-bond acceptors (Lipinski definition) is 2. The van der Waals surface area contributed by atoms with Crippen LogP contribution in [-0.2, 0) is 4.79 Å². The lowest BCUT2D eigenvalue weighted by atomic mass is 9.98. The van der Waals surface area contributed by atoms with E-state index in [1.54, 1.807) is 30.5 Å². The third kappa shape index (κ3) is 3.38. The van der Waals surface area contributed by atoms with E-state index in [2.05, 4.69) is 5.32 Å². The summed E-state index contributed by atoms with van der Waals surface area (Å²) < 4.78 is 31.9. The van der Waals surface area contributed by atoms with Crippen LogP contribution in [0.15, 0.2) is 71.3 Å². The molecule has 1 aliphatic rings. The molecule has 1 fully saturated rings. The Morgan fingerprint density at radius 2 is 1.54 bits per heavy atom. The number of rotatable bonds is 5. The number of carbonyl (C=O) groups excluding carboxylic acids is 1. The molecule has 1 aliphatic carbocycles. The second kappa shape index (κ2) is 6.75. The molecule has 2 atom stereocenters. The van der Waals surface area contributed by atoms with Gasteiger partial charge in [0.25, 0.3) is 0 Å². The SMILES string of the molecule is O=C(NC(c1ccc(F)cc1)c1ccc(F)cc1)C1CC1c1ccco1. The van der Waals surface area contributed by atoms with Gasteiger partial charge in [-0.1, -0.05) is 24.3 Å². The topological polar surface area (TPSA) is 42.2 Å². The first-order valence-corrected chi connectivity index (χ1v) is 8.46. The molecule has 26 heavy (non-hydrogen) atoms. The van der Waals surface area contributed by atoms with Crippen LogP contribution in [0.1, 0.15) is 35.3 Å². The Morgan fingerprint density at radius 1 is 0.962 bits per heavy atom. The highest BCUT2D eigenvalue weighted by Crippen LogP contribution is 2.48. The van der Waals surface area contributed by atoms with Crippen LogP contribution in [0.2, 0.25) is 0 Å². The average Bonchev–Trinajstić information content (AvgIpc) is 3.27. The van der Waals surface area contributed by atoms with Gasteiger partial charge >= 0.3 is 0 Å². The molecule has 5 heteroatoms. The van der Waals surface area contributed by atoms with Gasteiger partial charge in [-0.25, -0.2) is 8.78 Å². The van der Waals surface area contributed by atoms with Crippen LogP contribution in [-0.4, -0.2) is 5.91 Å². The standard InChI is InChI=1S/C21H17F2NO2/c22-15-7-3-13(4-8-15)20(14-5-9-16(23)10-6-14)24-21(25)18-12-17(18)19-2-1-11-26-19/h1-11,17-18,20H,12H2,(H,24,25). The van der Waals surface area contributed by atoms with Crippen molar-refractivity contribution in [2.45, 2.75) is 18.4 Å². The van der Waals surface area contributed by atoms with Crippen molar-refractivity contribution < 1.29 is 18.0 Å². The second-order valence-electron chi connectivity index (χ2n) is 6.51. The fraction of sp³-hybridized carbons (Fsp3) is 0.190. The van der Waals surface area contributed by atoms with Crippen LogP contribution in [0.3, 0.4) is 0 Å². The van der Waals surface area contributed by atoms with Crippen molar-refractivity contribution >= 4 is 5.91 Å². The Labute approximate surface area is 149 Å². The molecule has 0 radical (unpaired) electrons. The highest BCUT2D eigenvalue weighted by Gasteiger charge is 2.46. The van der Waals surface area contributed by atoms with Crippen molar-refractivity contribution in [3.05, 3.63) is 95.4 Å². The first kappa shape index (κ1) is 16.5. The van der Waals surface area contributed by atoms with E-state index in [1.807, 2.05) is 12.1 Å². The molecular weight excluding hydrogens is 336 g/mol. The zero-order valence-corrected chi connectivity index (χ0v) is 13.9. The number of carbonyl (C=O) groups is 1. The van der Waals surface area contributed by atoms with Crippen LogP contribution < -0.4 is 5.32 Å².